The number of nitrogens with zero attached hydrogens (tertiary/aromatic N) is 2. The van der Waals surface area contributed by atoms with Gasteiger partial charge in [0, 0.05) is 22.9 Å². The fourth-order valence-electron chi connectivity index (χ4n) is 2.43. The molecule has 100 valence electrons. The van der Waals surface area contributed by atoms with Crippen LogP contribution >= 0.6 is 15.9 Å². The highest BCUT2D eigenvalue weighted by molar-refractivity contribution is 9.10. The quantitative estimate of drug-likeness (QED) is 0.888. The Balaban J connectivity index is 1.86. The third-order valence-corrected chi connectivity index (χ3v) is 4.15. The molecule has 1 unspecified atom stereocenters. The first-order valence-electron chi connectivity index (χ1n) is 6.93. The zero-order valence-corrected chi connectivity index (χ0v) is 12.7. The minimum Gasteiger partial charge on any atom is -0.380 e. The van der Waals surface area contributed by atoms with Crippen LogP contribution in [0.15, 0.2) is 29.0 Å². The highest BCUT2D eigenvalue weighted by atomic mass is 79.9. The van der Waals surface area contributed by atoms with E-state index in [0.29, 0.717) is 6.04 Å². The van der Waals surface area contributed by atoms with E-state index < -0.39 is 0 Å². The minimum absolute atomic E-state index is 0.545. The van der Waals surface area contributed by atoms with E-state index in [1.54, 1.807) is 0 Å². The van der Waals surface area contributed by atoms with Crippen LogP contribution in [0.4, 0.5) is 5.69 Å². The van der Waals surface area contributed by atoms with Gasteiger partial charge in [-0.3, -0.25) is 9.97 Å². The van der Waals surface area contributed by atoms with Gasteiger partial charge in [-0.05, 0) is 46.8 Å². The number of anilines is 1. The van der Waals surface area contributed by atoms with Crippen LogP contribution in [0, 0.1) is 5.92 Å². The predicted molar refractivity (Wildman–Crippen MR) is 82.3 cm³/mol. The summed E-state index contributed by atoms with van der Waals surface area (Å²) < 4.78 is 0.967. The monoisotopic (exact) mass is 319 g/mol. The van der Waals surface area contributed by atoms with Crippen LogP contribution in [0.3, 0.4) is 0 Å². The number of pyridine rings is 2. The van der Waals surface area contributed by atoms with Crippen LogP contribution in [-0.2, 0) is 0 Å². The average Bonchev–Trinajstić information content (AvgIpc) is 3.21. The van der Waals surface area contributed by atoms with Crippen LogP contribution in [0.1, 0.15) is 32.6 Å². The normalized spacial score (nSPS) is 16.5. The Morgan fingerprint density at radius 2 is 2.26 bits per heavy atom. The van der Waals surface area contributed by atoms with Gasteiger partial charge in [-0.1, -0.05) is 19.8 Å². The second-order valence-corrected chi connectivity index (χ2v) is 6.22. The smallest absolute Gasteiger partial charge is 0.112 e. The third kappa shape index (κ3) is 3.06. The van der Waals surface area contributed by atoms with E-state index in [-0.39, 0.29) is 0 Å². The standard InChI is InChI=1S/C15H18BrN3/c1-2-12(7-10-3-4-10)19-13-5-6-17-14-8-11(16)9-18-15(13)14/h5-6,8-10,12H,2-4,7H2,1H3,(H,17,19). The topological polar surface area (TPSA) is 37.8 Å². The molecule has 1 atom stereocenters. The van der Waals surface area contributed by atoms with Crippen LogP contribution in [0.25, 0.3) is 11.0 Å². The van der Waals surface area contributed by atoms with Gasteiger partial charge in [0.15, 0.2) is 0 Å². The highest BCUT2D eigenvalue weighted by Crippen LogP contribution is 2.35. The van der Waals surface area contributed by atoms with Crippen molar-refractivity contribution in [2.75, 3.05) is 5.32 Å². The van der Waals surface area contributed by atoms with Gasteiger partial charge in [0.05, 0.1) is 11.2 Å². The van der Waals surface area contributed by atoms with E-state index in [1.807, 2.05) is 24.5 Å². The van der Waals surface area contributed by atoms with Crippen molar-refractivity contribution in [1.82, 2.24) is 9.97 Å². The lowest BCUT2D eigenvalue weighted by atomic mass is 10.1. The van der Waals surface area contributed by atoms with Crippen LogP contribution in [0.2, 0.25) is 0 Å². The molecule has 1 aliphatic carbocycles. The number of halogens is 1. The van der Waals surface area contributed by atoms with Crippen molar-refractivity contribution in [3.63, 3.8) is 0 Å². The van der Waals surface area contributed by atoms with Gasteiger partial charge in [0.1, 0.15) is 5.52 Å². The Kier molecular flexibility index (Phi) is 3.69. The van der Waals surface area contributed by atoms with E-state index in [2.05, 4.69) is 38.1 Å². The van der Waals surface area contributed by atoms with Gasteiger partial charge in [-0.2, -0.15) is 0 Å². The molecule has 0 saturated heterocycles. The first kappa shape index (κ1) is 12.9. The van der Waals surface area contributed by atoms with Crippen molar-refractivity contribution in [1.29, 1.82) is 0 Å². The maximum absolute atomic E-state index is 4.49. The Labute approximate surface area is 122 Å². The second kappa shape index (κ2) is 5.45. The molecule has 0 aromatic carbocycles. The lowest BCUT2D eigenvalue weighted by Crippen LogP contribution is -2.19. The zero-order chi connectivity index (χ0) is 13.2. The maximum atomic E-state index is 4.49. The predicted octanol–water partition coefficient (Wildman–Crippen LogP) is 4.38. The Bertz CT molecular complexity index is 581. The molecule has 0 radical (unpaired) electrons. The van der Waals surface area contributed by atoms with Crippen molar-refractivity contribution in [3.05, 3.63) is 29.0 Å². The number of aromatic nitrogens is 2. The minimum atomic E-state index is 0.545. The molecule has 0 spiro atoms. The first-order valence-corrected chi connectivity index (χ1v) is 7.72. The summed E-state index contributed by atoms with van der Waals surface area (Å²) in [6.45, 7) is 2.24. The Morgan fingerprint density at radius 1 is 1.42 bits per heavy atom. The summed E-state index contributed by atoms with van der Waals surface area (Å²) in [6, 6.07) is 4.58. The lowest BCUT2D eigenvalue weighted by molar-refractivity contribution is 0.587. The van der Waals surface area contributed by atoms with E-state index >= 15 is 0 Å². The molecule has 1 fully saturated rings. The van der Waals surface area contributed by atoms with E-state index in [0.717, 1.165) is 33.5 Å². The van der Waals surface area contributed by atoms with Crippen molar-refractivity contribution < 1.29 is 0 Å². The molecule has 3 rings (SSSR count). The molecular formula is C15H18BrN3. The molecule has 2 heterocycles. The fraction of sp³-hybridized carbons (Fsp3) is 0.467. The summed E-state index contributed by atoms with van der Waals surface area (Å²) in [5.74, 6) is 0.938. The lowest BCUT2D eigenvalue weighted by Gasteiger charge is -2.18. The molecule has 19 heavy (non-hydrogen) atoms. The van der Waals surface area contributed by atoms with Gasteiger partial charge in [0.2, 0.25) is 0 Å². The first-order chi connectivity index (χ1) is 9.26. The second-order valence-electron chi connectivity index (χ2n) is 5.31. The Morgan fingerprint density at radius 3 is 3.00 bits per heavy atom. The molecule has 1 N–H and O–H groups in total. The molecule has 0 amide bonds. The van der Waals surface area contributed by atoms with Crippen molar-refractivity contribution in [2.45, 2.75) is 38.6 Å². The molecule has 1 saturated carbocycles. The summed E-state index contributed by atoms with van der Waals surface area (Å²) in [7, 11) is 0. The molecule has 2 aromatic rings. The van der Waals surface area contributed by atoms with Crippen molar-refractivity contribution >= 4 is 32.7 Å². The summed E-state index contributed by atoms with van der Waals surface area (Å²) >= 11 is 3.44. The van der Waals surface area contributed by atoms with Crippen LogP contribution in [0.5, 0.6) is 0 Å². The van der Waals surface area contributed by atoms with Crippen molar-refractivity contribution in [2.24, 2.45) is 5.92 Å². The molecule has 3 nitrogen and oxygen atoms in total. The van der Waals surface area contributed by atoms with Gasteiger partial charge in [-0.25, -0.2) is 0 Å². The number of hydrogen-bond donors (Lipinski definition) is 1. The Hall–Kier alpha value is -1.16. The van der Waals surface area contributed by atoms with Crippen molar-refractivity contribution in [3.8, 4) is 0 Å². The third-order valence-electron chi connectivity index (χ3n) is 3.71. The van der Waals surface area contributed by atoms with E-state index in [9.17, 15) is 0 Å². The van der Waals surface area contributed by atoms with Gasteiger partial charge in [-0.15, -0.1) is 0 Å². The van der Waals surface area contributed by atoms with E-state index in [4.69, 9.17) is 0 Å². The number of hydrogen-bond acceptors (Lipinski definition) is 3. The van der Waals surface area contributed by atoms with Crippen LogP contribution < -0.4 is 5.32 Å². The maximum Gasteiger partial charge on any atom is 0.112 e. The van der Waals surface area contributed by atoms with Gasteiger partial charge < -0.3 is 5.32 Å². The molecule has 0 bridgehead atoms. The highest BCUT2D eigenvalue weighted by Gasteiger charge is 2.24. The molecule has 2 aromatic heterocycles. The van der Waals surface area contributed by atoms with Gasteiger partial charge in [0.25, 0.3) is 0 Å². The largest absolute Gasteiger partial charge is 0.380 e. The summed E-state index contributed by atoms with van der Waals surface area (Å²) in [5.41, 5.74) is 2.99. The molecule has 4 heteroatoms. The fourth-order valence-corrected chi connectivity index (χ4v) is 2.74. The molecule has 1 aliphatic rings. The number of fused-ring (bicyclic) bond motifs is 1. The average molecular weight is 320 g/mol. The summed E-state index contributed by atoms with van der Waals surface area (Å²) in [6.07, 6.45) is 8.91. The SMILES string of the molecule is CCC(CC1CC1)Nc1ccnc2cc(Br)cnc12. The molecular weight excluding hydrogens is 302 g/mol. The van der Waals surface area contributed by atoms with E-state index in [1.165, 1.54) is 19.3 Å². The summed E-state index contributed by atoms with van der Waals surface area (Å²) in [4.78, 5) is 8.87. The van der Waals surface area contributed by atoms with Crippen LogP contribution in [-0.4, -0.2) is 16.0 Å². The van der Waals surface area contributed by atoms with Gasteiger partial charge >= 0.3 is 0 Å². The summed E-state index contributed by atoms with van der Waals surface area (Å²) in [5, 5.41) is 3.64. The zero-order valence-electron chi connectivity index (χ0n) is 11.1. The number of rotatable bonds is 5. The number of nitrogens with one attached hydrogen (secondary N) is 1. The molecule has 0 aliphatic heterocycles.